The standard InChI is InChI=1S/2C6H15P.C2H4Br.Pd/c2*1-4-7(5-2)6-3;1-2-3;/h2*4-6H2,1-3H3;1-2H2;/q;;-1;/p+2. The van der Waals surface area contributed by atoms with E-state index in [0.717, 1.165) is 5.33 Å². The first-order valence-electron chi connectivity index (χ1n) is 7.13. The van der Waals surface area contributed by atoms with Crippen LogP contribution in [0.1, 0.15) is 41.5 Å². The third kappa shape index (κ3) is 26.5. The molecule has 0 aromatic carbocycles. The second-order valence-electron chi connectivity index (χ2n) is 3.81. The van der Waals surface area contributed by atoms with E-state index in [4.69, 9.17) is 0 Å². The maximum atomic E-state index is 3.40. The van der Waals surface area contributed by atoms with Gasteiger partial charge < -0.3 is 6.92 Å². The molecule has 0 saturated heterocycles. The minimum absolute atomic E-state index is 0. The van der Waals surface area contributed by atoms with Crippen LogP contribution in [-0.2, 0) is 20.4 Å². The van der Waals surface area contributed by atoms with E-state index in [-0.39, 0.29) is 36.3 Å². The second-order valence-corrected chi connectivity index (χ2v) is 11.8. The van der Waals surface area contributed by atoms with Crippen molar-refractivity contribution in [3.05, 3.63) is 6.92 Å². The number of halogens is 1. The van der Waals surface area contributed by atoms with Gasteiger partial charge >= 0.3 is 0 Å². The summed E-state index contributed by atoms with van der Waals surface area (Å²) in [6.07, 6.45) is 8.74. The van der Waals surface area contributed by atoms with E-state index in [9.17, 15) is 0 Å². The molecule has 118 valence electrons. The van der Waals surface area contributed by atoms with E-state index >= 15 is 0 Å². The van der Waals surface area contributed by atoms with Gasteiger partial charge in [0.15, 0.2) is 0 Å². The maximum absolute atomic E-state index is 3.40. The zero-order valence-corrected chi connectivity index (χ0v) is 18.5. The van der Waals surface area contributed by atoms with Gasteiger partial charge in [0, 0.05) is 20.4 Å². The molecule has 0 amide bonds. The summed E-state index contributed by atoms with van der Waals surface area (Å²) in [7, 11) is 0.275. The second kappa shape index (κ2) is 27.4. The van der Waals surface area contributed by atoms with Crippen molar-refractivity contribution in [1.82, 2.24) is 0 Å². The molecule has 0 nitrogen and oxygen atoms in total. The fraction of sp³-hybridized carbons (Fsp3) is 0.929. The van der Waals surface area contributed by atoms with Crippen LogP contribution >= 0.6 is 31.8 Å². The van der Waals surface area contributed by atoms with Crippen LogP contribution < -0.4 is 0 Å². The predicted octanol–water partition coefficient (Wildman–Crippen LogP) is 5.73. The average molecular weight is 453 g/mol. The monoisotopic (exact) mass is 451 g/mol. The maximum Gasteiger partial charge on any atom is 0.0543 e. The Kier molecular flexibility index (Phi) is 42.9. The number of alkyl halides is 1. The Labute approximate surface area is 142 Å². The summed E-state index contributed by atoms with van der Waals surface area (Å²) in [5, 5.41) is 0.812. The van der Waals surface area contributed by atoms with Gasteiger partial charge in [-0.05, 0) is 57.4 Å². The van der Waals surface area contributed by atoms with Crippen LogP contribution in [0.25, 0.3) is 0 Å². The largest absolute Gasteiger partial charge is 0.333 e. The summed E-state index contributed by atoms with van der Waals surface area (Å²) in [6, 6.07) is 0. The van der Waals surface area contributed by atoms with Crippen molar-refractivity contribution in [3.63, 3.8) is 0 Å². The summed E-state index contributed by atoms with van der Waals surface area (Å²) in [6.45, 7) is 17.2. The summed E-state index contributed by atoms with van der Waals surface area (Å²) >= 11 is 3.03. The number of hydrogen-bond acceptors (Lipinski definition) is 0. The molecule has 4 heteroatoms. The van der Waals surface area contributed by atoms with E-state index < -0.39 is 0 Å². The van der Waals surface area contributed by atoms with E-state index in [2.05, 4.69) is 64.4 Å². The van der Waals surface area contributed by atoms with Gasteiger partial charge in [-0.3, -0.25) is 0 Å². The van der Waals surface area contributed by atoms with Gasteiger partial charge in [-0.15, -0.1) is 21.3 Å². The smallest absolute Gasteiger partial charge is 0.0543 e. The van der Waals surface area contributed by atoms with Gasteiger partial charge in [0.2, 0.25) is 0 Å². The van der Waals surface area contributed by atoms with Crippen molar-refractivity contribution in [3.8, 4) is 0 Å². The molecule has 0 aliphatic rings. The molecule has 0 spiro atoms. The van der Waals surface area contributed by atoms with E-state index in [1.165, 1.54) is 37.0 Å². The summed E-state index contributed by atoms with van der Waals surface area (Å²) < 4.78 is 0. The topological polar surface area (TPSA) is 0 Å². The van der Waals surface area contributed by atoms with E-state index in [0.29, 0.717) is 0 Å². The molecule has 0 aromatic rings. The fourth-order valence-electron chi connectivity index (χ4n) is 1.50. The van der Waals surface area contributed by atoms with Gasteiger partial charge in [-0.2, -0.15) is 0 Å². The SMILES string of the molecule is CC[PH+](CC)CC.CC[PH+](CC)CC.[CH2-]CBr.[Pd]. The van der Waals surface area contributed by atoms with Crippen molar-refractivity contribution in [2.45, 2.75) is 41.5 Å². The summed E-state index contributed by atoms with van der Waals surface area (Å²) in [5.41, 5.74) is 0. The van der Waals surface area contributed by atoms with Crippen LogP contribution in [-0.4, -0.2) is 42.3 Å². The van der Waals surface area contributed by atoms with Crippen molar-refractivity contribution >= 4 is 31.8 Å². The zero-order chi connectivity index (χ0) is 14.1. The Morgan fingerprint density at radius 3 is 0.778 bits per heavy atom. The quantitative estimate of drug-likeness (QED) is 0.209. The minimum Gasteiger partial charge on any atom is -0.333 e. The molecule has 0 bridgehead atoms. The molecule has 0 radical (unpaired) electrons. The Balaban J connectivity index is -0.0000000857. The van der Waals surface area contributed by atoms with Gasteiger partial charge in [-0.1, -0.05) is 0 Å². The first-order chi connectivity index (χ1) is 8.11. The van der Waals surface area contributed by atoms with Gasteiger partial charge in [0.1, 0.15) is 0 Å². The van der Waals surface area contributed by atoms with Crippen LogP contribution in [0.3, 0.4) is 0 Å². The predicted molar refractivity (Wildman–Crippen MR) is 99.0 cm³/mol. The first-order valence-corrected chi connectivity index (χ1v) is 12.5. The summed E-state index contributed by atoms with van der Waals surface area (Å²) in [5.74, 6) is 0. The van der Waals surface area contributed by atoms with E-state index in [1.54, 1.807) is 0 Å². The zero-order valence-electron chi connectivity index (χ0n) is 13.4. The van der Waals surface area contributed by atoms with Crippen molar-refractivity contribution in [2.75, 3.05) is 42.3 Å². The third-order valence-electron chi connectivity index (χ3n) is 3.00. The van der Waals surface area contributed by atoms with Crippen molar-refractivity contribution in [1.29, 1.82) is 0 Å². The Morgan fingerprint density at radius 1 is 0.667 bits per heavy atom. The van der Waals surface area contributed by atoms with Crippen LogP contribution in [0.4, 0.5) is 0 Å². The molecule has 0 unspecified atom stereocenters. The minimum atomic E-state index is 0. The number of hydrogen-bond donors (Lipinski definition) is 0. The van der Waals surface area contributed by atoms with Gasteiger partial charge in [0.25, 0.3) is 0 Å². The van der Waals surface area contributed by atoms with Crippen LogP contribution in [0, 0.1) is 6.92 Å². The molecule has 0 rings (SSSR count). The number of rotatable bonds is 6. The Bertz CT molecular complexity index is 84.9. The normalized spacial score (nSPS) is 9.00. The van der Waals surface area contributed by atoms with Gasteiger partial charge in [0.05, 0.1) is 37.0 Å². The molecule has 0 aromatic heterocycles. The third-order valence-corrected chi connectivity index (χ3v) is 9.00. The van der Waals surface area contributed by atoms with Crippen molar-refractivity contribution in [2.24, 2.45) is 0 Å². The Hall–Kier alpha value is 2.00. The molecule has 0 aliphatic carbocycles. The molecule has 0 atom stereocenters. The molecule has 0 heterocycles. The molecule has 18 heavy (non-hydrogen) atoms. The first kappa shape index (κ1) is 28.2. The van der Waals surface area contributed by atoms with E-state index in [1.807, 2.05) is 0 Å². The summed E-state index contributed by atoms with van der Waals surface area (Å²) in [4.78, 5) is 0. The van der Waals surface area contributed by atoms with Crippen LogP contribution in [0.5, 0.6) is 0 Å². The van der Waals surface area contributed by atoms with Crippen LogP contribution in [0.2, 0.25) is 0 Å². The van der Waals surface area contributed by atoms with Crippen LogP contribution in [0.15, 0.2) is 0 Å². The average Bonchev–Trinajstić information content (AvgIpc) is 2.35. The molecular weight excluding hydrogens is 416 g/mol. The Morgan fingerprint density at radius 2 is 0.778 bits per heavy atom. The molecule has 0 fully saturated rings. The fourth-order valence-corrected chi connectivity index (χ4v) is 4.50. The molecule has 0 saturated carbocycles. The molecular formula is C14H36BrP2Pd+. The van der Waals surface area contributed by atoms with Crippen molar-refractivity contribution < 1.29 is 20.4 Å². The molecule has 0 N–H and O–H groups in total. The van der Waals surface area contributed by atoms with Gasteiger partial charge in [-0.25, -0.2) is 0 Å². The molecule has 0 aliphatic heterocycles.